The number of nitrogens with zero attached hydrogens (tertiary/aromatic N) is 1. The molecule has 1 aliphatic rings. The zero-order valence-electron chi connectivity index (χ0n) is 12.6. The Kier molecular flexibility index (Phi) is 6.80. The molecule has 22 heavy (non-hydrogen) atoms. The Morgan fingerprint density at radius 3 is 2.55 bits per heavy atom. The molecule has 0 aliphatic carbocycles. The molecule has 2 rings (SSSR count). The normalized spacial score (nSPS) is 19.3. The van der Waals surface area contributed by atoms with Crippen molar-refractivity contribution in [2.75, 3.05) is 26.2 Å². The van der Waals surface area contributed by atoms with Crippen molar-refractivity contribution in [2.45, 2.75) is 24.8 Å². The van der Waals surface area contributed by atoms with Crippen molar-refractivity contribution >= 4 is 28.4 Å². The molecule has 0 bridgehead atoms. The number of ether oxygens (including phenoxy) is 1. The highest BCUT2D eigenvalue weighted by atomic mass is 35.5. The first-order valence-electron chi connectivity index (χ1n) is 6.96. The molecule has 124 valence electrons. The monoisotopic (exact) mass is 348 g/mol. The maximum atomic E-state index is 12.5. The van der Waals surface area contributed by atoms with Crippen molar-refractivity contribution in [1.29, 1.82) is 0 Å². The van der Waals surface area contributed by atoms with Crippen molar-refractivity contribution in [3.8, 4) is 0 Å². The Hall–Kier alpha value is -1.15. The summed E-state index contributed by atoms with van der Waals surface area (Å²) >= 11 is 0. The van der Waals surface area contributed by atoms with Crippen molar-refractivity contribution in [1.82, 2.24) is 9.62 Å². The molecule has 1 saturated heterocycles. The summed E-state index contributed by atoms with van der Waals surface area (Å²) in [5, 5.41) is 3.21. The van der Waals surface area contributed by atoms with E-state index >= 15 is 0 Å². The van der Waals surface area contributed by atoms with Gasteiger partial charge in [0.05, 0.1) is 17.1 Å². The molecule has 1 atom stereocenters. The van der Waals surface area contributed by atoms with E-state index in [9.17, 15) is 13.2 Å². The van der Waals surface area contributed by atoms with Gasteiger partial charge in [-0.25, -0.2) is 13.2 Å². The van der Waals surface area contributed by atoms with Gasteiger partial charge in [-0.1, -0.05) is 0 Å². The molecule has 0 amide bonds. The zero-order valence-corrected chi connectivity index (χ0v) is 14.2. The van der Waals surface area contributed by atoms with Gasteiger partial charge in [0, 0.05) is 25.7 Å². The molecule has 1 heterocycles. The lowest BCUT2D eigenvalue weighted by atomic mass is 10.2. The van der Waals surface area contributed by atoms with Gasteiger partial charge in [-0.3, -0.25) is 0 Å². The van der Waals surface area contributed by atoms with Crippen LogP contribution in [0.15, 0.2) is 29.2 Å². The number of carbonyl (C=O) groups is 1. The first kappa shape index (κ1) is 18.9. The molecule has 1 N–H and O–H groups in total. The molecular weight excluding hydrogens is 328 g/mol. The van der Waals surface area contributed by atoms with Crippen LogP contribution in [-0.4, -0.2) is 51.0 Å². The minimum atomic E-state index is -3.51. The first-order valence-corrected chi connectivity index (χ1v) is 8.40. The summed E-state index contributed by atoms with van der Waals surface area (Å²) in [5.74, 6) is -0.447. The minimum Gasteiger partial charge on any atom is -0.462 e. The highest BCUT2D eigenvalue weighted by molar-refractivity contribution is 7.89. The lowest BCUT2D eigenvalue weighted by Crippen LogP contribution is -2.51. The number of hydrogen-bond acceptors (Lipinski definition) is 5. The van der Waals surface area contributed by atoms with Gasteiger partial charge in [0.2, 0.25) is 10.0 Å². The summed E-state index contributed by atoms with van der Waals surface area (Å²) in [4.78, 5) is 11.8. The number of piperazine rings is 1. The average molecular weight is 349 g/mol. The van der Waals surface area contributed by atoms with Crippen LogP contribution in [0.3, 0.4) is 0 Å². The van der Waals surface area contributed by atoms with Crippen LogP contribution in [0, 0.1) is 0 Å². The van der Waals surface area contributed by atoms with E-state index in [0.717, 1.165) is 0 Å². The van der Waals surface area contributed by atoms with Gasteiger partial charge in [-0.2, -0.15) is 4.31 Å². The van der Waals surface area contributed by atoms with Crippen LogP contribution in [0.5, 0.6) is 0 Å². The van der Waals surface area contributed by atoms with Gasteiger partial charge in [-0.05, 0) is 38.1 Å². The molecule has 1 fully saturated rings. The van der Waals surface area contributed by atoms with E-state index in [4.69, 9.17) is 4.74 Å². The summed E-state index contributed by atoms with van der Waals surface area (Å²) in [6.07, 6.45) is 0. The van der Waals surface area contributed by atoms with Crippen molar-refractivity contribution in [3.05, 3.63) is 29.8 Å². The summed E-state index contributed by atoms with van der Waals surface area (Å²) in [6, 6.07) is 6.00. The third-order valence-electron chi connectivity index (χ3n) is 3.33. The summed E-state index contributed by atoms with van der Waals surface area (Å²) < 4.78 is 31.4. The Balaban J connectivity index is 0.00000242. The maximum absolute atomic E-state index is 12.5. The number of esters is 1. The minimum absolute atomic E-state index is 0. The van der Waals surface area contributed by atoms with Gasteiger partial charge in [0.25, 0.3) is 0 Å². The van der Waals surface area contributed by atoms with Crippen molar-refractivity contribution in [2.24, 2.45) is 0 Å². The van der Waals surface area contributed by atoms with Crippen LogP contribution in [0.25, 0.3) is 0 Å². The molecule has 1 aliphatic heterocycles. The average Bonchev–Trinajstić information content (AvgIpc) is 2.47. The second-order valence-corrected chi connectivity index (χ2v) is 6.90. The molecule has 8 heteroatoms. The standard InChI is InChI=1S/C14H20N2O4S.ClH/c1-3-20-14(17)12-4-6-13(7-5-12)21(18,19)16-9-8-15-11(2)10-16;/h4-7,11,15H,3,8-10H2,1-2H3;1H/t11-;/m1./s1. The molecule has 0 unspecified atom stereocenters. The predicted molar refractivity (Wildman–Crippen MR) is 85.9 cm³/mol. The zero-order chi connectivity index (χ0) is 15.5. The summed E-state index contributed by atoms with van der Waals surface area (Å²) in [5.41, 5.74) is 0.351. The van der Waals surface area contributed by atoms with E-state index in [0.29, 0.717) is 25.2 Å². The van der Waals surface area contributed by atoms with Gasteiger partial charge >= 0.3 is 5.97 Å². The number of benzene rings is 1. The lowest BCUT2D eigenvalue weighted by Gasteiger charge is -2.31. The predicted octanol–water partition coefficient (Wildman–Crippen LogP) is 1.27. The number of rotatable bonds is 4. The SMILES string of the molecule is CCOC(=O)c1ccc(S(=O)(=O)N2CCN[C@H](C)C2)cc1.Cl. The maximum Gasteiger partial charge on any atom is 0.338 e. The third kappa shape index (κ3) is 4.19. The fraction of sp³-hybridized carbons (Fsp3) is 0.500. The number of carbonyl (C=O) groups excluding carboxylic acids is 1. The number of sulfonamides is 1. The Morgan fingerprint density at radius 2 is 2.00 bits per heavy atom. The van der Waals surface area contributed by atoms with E-state index in [1.165, 1.54) is 28.6 Å². The van der Waals surface area contributed by atoms with Gasteiger partial charge in [-0.15, -0.1) is 12.4 Å². The quantitative estimate of drug-likeness (QED) is 0.829. The molecule has 1 aromatic carbocycles. The molecule has 0 radical (unpaired) electrons. The Morgan fingerprint density at radius 1 is 1.36 bits per heavy atom. The molecule has 0 spiro atoms. The molecular formula is C14H21ClN2O4S. The molecule has 0 saturated carbocycles. The Bertz CT molecular complexity index is 604. The topological polar surface area (TPSA) is 75.7 Å². The number of halogens is 1. The number of nitrogens with one attached hydrogen (secondary N) is 1. The van der Waals surface area contributed by atoms with Gasteiger partial charge < -0.3 is 10.1 Å². The van der Waals surface area contributed by atoms with Crippen molar-refractivity contribution < 1.29 is 17.9 Å². The van der Waals surface area contributed by atoms with Gasteiger partial charge in [0.1, 0.15) is 0 Å². The lowest BCUT2D eigenvalue weighted by molar-refractivity contribution is 0.0526. The highest BCUT2D eigenvalue weighted by Crippen LogP contribution is 2.18. The van der Waals surface area contributed by atoms with Crippen LogP contribution in [0.2, 0.25) is 0 Å². The molecule has 1 aromatic rings. The van der Waals surface area contributed by atoms with E-state index in [1.54, 1.807) is 6.92 Å². The second kappa shape index (κ2) is 7.92. The van der Waals surface area contributed by atoms with Crippen LogP contribution < -0.4 is 5.32 Å². The van der Waals surface area contributed by atoms with E-state index < -0.39 is 16.0 Å². The van der Waals surface area contributed by atoms with E-state index in [-0.39, 0.29) is 30.0 Å². The first-order chi connectivity index (χ1) is 9.95. The second-order valence-electron chi connectivity index (χ2n) is 4.96. The van der Waals surface area contributed by atoms with Crippen LogP contribution in [-0.2, 0) is 14.8 Å². The van der Waals surface area contributed by atoms with Crippen LogP contribution in [0.4, 0.5) is 0 Å². The Labute approximate surface area is 137 Å². The smallest absolute Gasteiger partial charge is 0.338 e. The van der Waals surface area contributed by atoms with Gasteiger partial charge in [0.15, 0.2) is 0 Å². The van der Waals surface area contributed by atoms with Crippen molar-refractivity contribution in [3.63, 3.8) is 0 Å². The molecule has 0 aromatic heterocycles. The molecule has 6 nitrogen and oxygen atoms in total. The van der Waals surface area contributed by atoms with E-state index in [1.807, 2.05) is 6.92 Å². The largest absolute Gasteiger partial charge is 0.462 e. The van der Waals surface area contributed by atoms with Crippen LogP contribution in [0.1, 0.15) is 24.2 Å². The summed E-state index contributed by atoms with van der Waals surface area (Å²) in [7, 11) is -3.51. The fourth-order valence-electron chi connectivity index (χ4n) is 2.24. The number of hydrogen-bond donors (Lipinski definition) is 1. The summed E-state index contributed by atoms with van der Waals surface area (Å²) in [6.45, 7) is 5.50. The third-order valence-corrected chi connectivity index (χ3v) is 5.21. The highest BCUT2D eigenvalue weighted by Gasteiger charge is 2.28. The fourth-order valence-corrected chi connectivity index (χ4v) is 3.77. The van der Waals surface area contributed by atoms with E-state index in [2.05, 4.69) is 5.32 Å². The van der Waals surface area contributed by atoms with Crippen LogP contribution >= 0.6 is 12.4 Å².